The first-order valence-electron chi connectivity index (χ1n) is 3.72. The molecular weight excluding hydrogens is 270 g/mol. The molecule has 0 radical (unpaired) electrons. The molecule has 11 heteroatoms. The third-order valence-electron chi connectivity index (χ3n) is 1.68. The van der Waals surface area contributed by atoms with E-state index in [0.717, 1.165) is 0 Å². The lowest BCUT2D eigenvalue weighted by molar-refractivity contribution is -0.357. The molecule has 0 spiro atoms. The van der Waals surface area contributed by atoms with Crippen molar-refractivity contribution in [2.75, 3.05) is 0 Å². The first-order valence-corrected chi connectivity index (χ1v) is 3.72. The van der Waals surface area contributed by atoms with Gasteiger partial charge in [0.15, 0.2) is 6.23 Å². The highest BCUT2D eigenvalue weighted by atomic mass is 19.4. The largest absolute Gasteiger partial charge is 0.382 e. The van der Waals surface area contributed by atoms with Crippen LogP contribution in [0.1, 0.15) is 0 Å². The molecule has 2 N–H and O–H groups in total. The van der Waals surface area contributed by atoms with Crippen LogP contribution in [0.15, 0.2) is 0 Å². The van der Waals surface area contributed by atoms with Gasteiger partial charge in [-0.1, -0.05) is 0 Å². The molecule has 0 aromatic carbocycles. The Bertz CT molecular complexity index is 281. The summed E-state index contributed by atoms with van der Waals surface area (Å²) in [5, 5.41) is 8.98. The summed E-state index contributed by atoms with van der Waals surface area (Å²) in [5.41, 5.74) is 0. The Balaban J connectivity index is 5.35. The summed E-state index contributed by atoms with van der Waals surface area (Å²) in [6.07, 6.45) is -9.50. The second-order valence-corrected chi connectivity index (χ2v) is 2.81. The minimum Gasteiger partial charge on any atom is -0.368 e. The third kappa shape index (κ3) is 2.42. The minimum absolute atomic E-state index is 0.670. The average molecular weight is 275 g/mol. The quantitative estimate of drug-likeness (QED) is 0.435. The van der Waals surface area contributed by atoms with Gasteiger partial charge in [0.1, 0.15) is 0 Å². The zero-order valence-corrected chi connectivity index (χ0v) is 7.61. The maximum absolute atomic E-state index is 12.6. The van der Waals surface area contributed by atoms with E-state index in [4.69, 9.17) is 5.11 Å². The van der Waals surface area contributed by atoms with Crippen LogP contribution in [0, 0.1) is 0 Å². The predicted octanol–water partition coefficient (Wildman–Crippen LogP) is 1.22. The van der Waals surface area contributed by atoms with Crippen molar-refractivity contribution in [2.24, 2.45) is 0 Å². The molecule has 1 unspecified atom stereocenters. The molecule has 0 saturated carbocycles. The average Bonchev–Trinajstić information content (AvgIpc) is 2.17. The molecule has 0 saturated heterocycles. The Morgan fingerprint density at radius 1 is 1.00 bits per heavy atom. The molecule has 0 aromatic heterocycles. The fraction of sp³-hybridized carbons (Fsp3) is 0.833. The number of halogens is 8. The summed E-state index contributed by atoms with van der Waals surface area (Å²) in [6, 6.07) is 0. The molecule has 3 nitrogen and oxygen atoms in total. The smallest absolute Gasteiger partial charge is 0.368 e. The number of hydrogen-bond donors (Lipinski definition) is 2. The maximum atomic E-state index is 12.6. The van der Waals surface area contributed by atoms with Crippen molar-refractivity contribution in [2.45, 2.75) is 30.4 Å². The molecule has 102 valence electrons. The standard InChI is InChI=1S/C6H5F8NO2/c7-2(8)4(9,10)6(13,14)5(11,12)3(17)15-1-16/h1-3,17H,(H,15,16). The molecule has 1 amide bonds. The van der Waals surface area contributed by atoms with Crippen molar-refractivity contribution in [3.8, 4) is 0 Å². The zero-order valence-electron chi connectivity index (χ0n) is 7.61. The van der Waals surface area contributed by atoms with Crippen LogP contribution >= 0.6 is 0 Å². The van der Waals surface area contributed by atoms with Crippen molar-refractivity contribution >= 4 is 6.41 Å². The number of hydrogen-bond acceptors (Lipinski definition) is 2. The van der Waals surface area contributed by atoms with Gasteiger partial charge >= 0.3 is 24.2 Å². The Hall–Kier alpha value is -1.13. The van der Waals surface area contributed by atoms with Crippen LogP contribution in [0.3, 0.4) is 0 Å². The minimum atomic E-state index is -6.55. The van der Waals surface area contributed by atoms with Crippen LogP contribution in [-0.2, 0) is 4.79 Å². The van der Waals surface area contributed by atoms with Crippen LogP contribution in [0.5, 0.6) is 0 Å². The van der Waals surface area contributed by atoms with Crippen LogP contribution in [0.4, 0.5) is 35.1 Å². The number of rotatable bonds is 6. The molecule has 0 aliphatic heterocycles. The van der Waals surface area contributed by atoms with Crippen LogP contribution in [0.2, 0.25) is 0 Å². The maximum Gasteiger partial charge on any atom is 0.382 e. The first kappa shape index (κ1) is 15.9. The number of carbonyl (C=O) groups is 1. The van der Waals surface area contributed by atoms with Crippen molar-refractivity contribution in [1.82, 2.24) is 5.32 Å². The van der Waals surface area contributed by atoms with E-state index in [9.17, 15) is 39.9 Å². The van der Waals surface area contributed by atoms with Gasteiger partial charge in [-0.2, -0.15) is 26.3 Å². The fourth-order valence-electron chi connectivity index (χ4n) is 0.700. The second-order valence-electron chi connectivity index (χ2n) is 2.81. The molecule has 1 atom stereocenters. The second kappa shape index (κ2) is 4.63. The molecule has 0 heterocycles. The van der Waals surface area contributed by atoms with E-state index in [1.54, 1.807) is 0 Å². The number of aliphatic hydroxyl groups is 1. The Morgan fingerprint density at radius 3 is 1.71 bits per heavy atom. The lowest BCUT2D eigenvalue weighted by atomic mass is 10.0. The van der Waals surface area contributed by atoms with E-state index in [1.807, 2.05) is 0 Å². The topological polar surface area (TPSA) is 49.3 Å². The van der Waals surface area contributed by atoms with Gasteiger partial charge < -0.3 is 10.4 Å². The van der Waals surface area contributed by atoms with Gasteiger partial charge in [-0.25, -0.2) is 8.78 Å². The molecular formula is C6H5F8NO2. The highest BCUT2D eigenvalue weighted by Gasteiger charge is 2.77. The van der Waals surface area contributed by atoms with E-state index < -0.39 is 36.8 Å². The van der Waals surface area contributed by atoms with E-state index in [2.05, 4.69) is 0 Å². The van der Waals surface area contributed by atoms with Gasteiger partial charge in [-0.05, 0) is 0 Å². The lowest BCUT2D eigenvalue weighted by Crippen LogP contribution is -2.64. The molecule has 0 bridgehead atoms. The molecule has 0 rings (SSSR count). The van der Waals surface area contributed by atoms with E-state index in [-0.39, 0.29) is 0 Å². The van der Waals surface area contributed by atoms with Crippen molar-refractivity contribution in [1.29, 1.82) is 0 Å². The monoisotopic (exact) mass is 275 g/mol. The number of carbonyl (C=O) groups excluding carboxylic acids is 1. The number of nitrogens with one attached hydrogen (secondary N) is 1. The summed E-state index contributed by atoms with van der Waals surface area (Å²) in [5.74, 6) is -18.9. The van der Waals surface area contributed by atoms with E-state index in [1.165, 1.54) is 0 Å². The SMILES string of the molecule is O=CNC(O)C(F)(F)C(F)(F)C(F)(F)C(F)F. The Morgan fingerprint density at radius 2 is 1.41 bits per heavy atom. The van der Waals surface area contributed by atoms with Gasteiger partial charge in [-0.15, -0.1) is 0 Å². The Labute approximate surface area is 88.4 Å². The lowest BCUT2D eigenvalue weighted by Gasteiger charge is -2.34. The summed E-state index contributed by atoms with van der Waals surface area (Å²) in [7, 11) is 0. The normalized spacial score (nSPS) is 15.9. The number of amides is 1. The van der Waals surface area contributed by atoms with Crippen molar-refractivity contribution in [3.63, 3.8) is 0 Å². The van der Waals surface area contributed by atoms with Gasteiger partial charge in [0.05, 0.1) is 0 Å². The van der Waals surface area contributed by atoms with Gasteiger partial charge in [0, 0.05) is 0 Å². The number of alkyl halides is 8. The highest BCUT2D eigenvalue weighted by Crippen LogP contribution is 2.49. The highest BCUT2D eigenvalue weighted by molar-refractivity contribution is 5.46. The van der Waals surface area contributed by atoms with Crippen molar-refractivity contribution < 1.29 is 45.0 Å². The Kier molecular flexibility index (Phi) is 4.32. The zero-order chi connectivity index (χ0) is 14.1. The van der Waals surface area contributed by atoms with Crippen LogP contribution in [0.25, 0.3) is 0 Å². The molecule has 0 fully saturated rings. The van der Waals surface area contributed by atoms with E-state index in [0.29, 0.717) is 5.32 Å². The summed E-state index contributed by atoms with van der Waals surface area (Å²) >= 11 is 0. The van der Waals surface area contributed by atoms with Crippen LogP contribution in [-0.4, -0.2) is 41.9 Å². The molecule has 0 aliphatic carbocycles. The van der Waals surface area contributed by atoms with Gasteiger partial charge in [0.2, 0.25) is 6.41 Å². The molecule has 17 heavy (non-hydrogen) atoms. The fourth-order valence-corrected chi connectivity index (χ4v) is 0.700. The van der Waals surface area contributed by atoms with Gasteiger partial charge in [-0.3, -0.25) is 4.79 Å². The number of aliphatic hydroxyl groups excluding tert-OH is 1. The molecule has 0 aromatic rings. The summed E-state index contributed by atoms with van der Waals surface area (Å²) in [6.45, 7) is 0. The first-order chi connectivity index (χ1) is 7.42. The summed E-state index contributed by atoms with van der Waals surface area (Å²) in [4.78, 5) is 9.59. The van der Waals surface area contributed by atoms with E-state index >= 15 is 0 Å². The van der Waals surface area contributed by atoms with Gasteiger partial charge in [0.25, 0.3) is 0 Å². The predicted molar refractivity (Wildman–Crippen MR) is 36.1 cm³/mol. The molecule has 0 aliphatic rings. The van der Waals surface area contributed by atoms with Crippen molar-refractivity contribution in [3.05, 3.63) is 0 Å². The summed E-state index contributed by atoms with van der Waals surface area (Å²) < 4.78 is 97.8. The third-order valence-corrected chi connectivity index (χ3v) is 1.68. The van der Waals surface area contributed by atoms with Crippen LogP contribution < -0.4 is 5.32 Å².